The van der Waals surface area contributed by atoms with E-state index >= 15 is 0 Å². The number of fused-ring (bicyclic) bond motifs is 1. The van der Waals surface area contributed by atoms with E-state index in [1.54, 1.807) is 23.0 Å². The highest BCUT2D eigenvalue weighted by Crippen LogP contribution is 2.25. The Morgan fingerprint density at radius 1 is 1.57 bits per heavy atom. The maximum absolute atomic E-state index is 13.2. The van der Waals surface area contributed by atoms with Crippen molar-refractivity contribution in [3.05, 3.63) is 47.8 Å². The molecule has 0 aliphatic carbocycles. The molecule has 1 amide bonds. The molecule has 1 N–H and O–H groups in total. The van der Waals surface area contributed by atoms with Crippen LogP contribution in [0.15, 0.2) is 30.6 Å². The largest absolute Gasteiger partial charge is 0.491 e. The minimum absolute atomic E-state index is 0.107. The van der Waals surface area contributed by atoms with E-state index in [4.69, 9.17) is 4.74 Å². The van der Waals surface area contributed by atoms with Gasteiger partial charge in [0.25, 0.3) is 0 Å². The second kappa shape index (κ2) is 5.55. The number of aromatic nitrogens is 2. The van der Waals surface area contributed by atoms with Crippen LogP contribution in [0.4, 0.5) is 4.39 Å². The molecule has 3 rings (SSSR count). The Morgan fingerprint density at radius 2 is 2.43 bits per heavy atom. The summed E-state index contributed by atoms with van der Waals surface area (Å²) in [5, 5.41) is 2.91. The third-order valence-electron chi connectivity index (χ3n) is 3.53. The van der Waals surface area contributed by atoms with E-state index in [2.05, 4.69) is 10.3 Å². The number of nitrogens with zero attached hydrogens (tertiary/aromatic N) is 2. The number of benzene rings is 1. The molecule has 1 atom stereocenters. The van der Waals surface area contributed by atoms with Gasteiger partial charge in [-0.25, -0.2) is 9.37 Å². The fourth-order valence-electron chi connectivity index (χ4n) is 2.45. The third kappa shape index (κ3) is 3.04. The van der Waals surface area contributed by atoms with Crippen molar-refractivity contribution in [1.82, 2.24) is 14.9 Å². The minimum atomic E-state index is -0.293. The molecule has 0 fully saturated rings. The van der Waals surface area contributed by atoms with Crippen LogP contribution in [0.3, 0.4) is 0 Å². The Labute approximate surface area is 121 Å². The van der Waals surface area contributed by atoms with Crippen molar-refractivity contribution < 1.29 is 13.9 Å². The first kappa shape index (κ1) is 13.6. The number of aryl methyl sites for hydroxylation is 1. The summed E-state index contributed by atoms with van der Waals surface area (Å²) in [6.07, 6.45) is 3.99. The van der Waals surface area contributed by atoms with Crippen LogP contribution in [0, 0.1) is 12.7 Å². The first-order valence-electron chi connectivity index (χ1n) is 6.80. The summed E-state index contributed by atoms with van der Waals surface area (Å²) in [7, 11) is 0. The molecule has 1 aromatic heterocycles. The van der Waals surface area contributed by atoms with Crippen molar-refractivity contribution in [3.8, 4) is 5.75 Å². The van der Waals surface area contributed by atoms with Gasteiger partial charge in [0, 0.05) is 12.4 Å². The molecule has 0 saturated heterocycles. The van der Waals surface area contributed by atoms with Crippen molar-refractivity contribution in [3.63, 3.8) is 0 Å². The number of hydrogen-bond donors (Lipinski definition) is 1. The van der Waals surface area contributed by atoms with Crippen LogP contribution in [0.2, 0.25) is 0 Å². The van der Waals surface area contributed by atoms with Crippen molar-refractivity contribution in [2.75, 3.05) is 6.61 Å². The Balaban J connectivity index is 1.62. The summed E-state index contributed by atoms with van der Waals surface area (Å²) in [6.45, 7) is 2.46. The summed E-state index contributed by atoms with van der Waals surface area (Å²) in [6, 6.07) is 4.31. The second-order valence-corrected chi connectivity index (χ2v) is 5.13. The highest BCUT2D eigenvalue weighted by molar-refractivity contribution is 5.76. The lowest BCUT2D eigenvalue weighted by Gasteiger charge is -2.26. The number of amides is 1. The van der Waals surface area contributed by atoms with Gasteiger partial charge in [0.15, 0.2) is 0 Å². The summed E-state index contributed by atoms with van der Waals surface area (Å²) in [5.41, 5.74) is 0.783. The van der Waals surface area contributed by atoms with E-state index in [1.165, 1.54) is 12.1 Å². The Kier molecular flexibility index (Phi) is 3.60. The Bertz CT molecular complexity index is 669. The molecule has 21 heavy (non-hydrogen) atoms. The maximum atomic E-state index is 13.2. The summed E-state index contributed by atoms with van der Waals surface area (Å²) in [4.78, 5) is 16.1. The number of nitrogens with one attached hydrogen (secondary N) is 1. The van der Waals surface area contributed by atoms with Gasteiger partial charge in [0.2, 0.25) is 5.91 Å². The van der Waals surface area contributed by atoms with Crippen molar-refractivity contribution >= 4 is 5.91 Å². The number of rotatable bonds is 3. The zero-order valence-electron chi connectivity index (χ0n) is 11.7. The molecule has 0 radical (unpaired) electrons. The predicted molar refractivity (Wildman–Crippen MR) is 74.5 cm³/mol. The van der Waals surface area contributed by atoms with E-state index in [0.717, 1.165) is 11.4 Å². The average Bonchev–Trinajstić information content (AvgIpc) is 2.83. The van der Waals surface area contributed by atoms with Gasteiger partial charge >= 0.3 is 0 Å². The number of hydrogen-bond acceptors (Lipinski definition) is 3. The molecule has 5 nitrogen and oxygen atoms in total. The van der Waals surface area contributed by atoms with Crippen LogP contribution in [-0.2, 0) is 17.8 Å². The van der Waals surface area contributed by atoms with Crippen molar-refractivity contribution in [1.29, 1.82) is 0 Å². The molecule has 0 saturated carbocycles. The van der Waals surface area contributed by atoms with Crippen molar-refractivity contribution in [2.45, 2.75) is 25.9 Å². The second-order valence-electron chi connectivity index (χ2n) is 5.13. The number of carbonyl (C=O) groups excluding carboxylic acids is 1. The minimum Gasteiger partial charge on any atom is -0.491 e. The molecule has 2 heterocycles. The normalized spacial score (nSPS) is 17.0. The van der Waals surface area contributed by atoms with Gasteiger partial charge in [0.05, 0.1) is 6.04 Å². The molecular weight excluding hydrogens is 273 g/mol. The Morgan fingerprint density at radius 3 is 3.19 bits per heavy atom. The van der Waals surface area contributed by atoms with Gasteiger partial charge in [-0.1, -0.05) is 0 Å². The van der Waals surface area contributed by atoms with Crippen LogP contribution in [0.25, 0.3) is 0 Å². The standard InChI is InChI=1S/C15H16FN3O2/c1-10-17-4-5-19(10)8-15(20)18-13-7-11-6-12(16)2-3-14(11)21-9-13/h2-6,13H,7-9H2,1H3,(H,18,20)/t13-/m0/s1. The van der Waals surface area contributed by atoms with E-state index < -0.39 is 0 Å². The van der Waals surface area contributed by atoms with Crippen LogP contribution in [0.5, 0.6) is 5.75 Å². The van der Waals surface area contributed by atoms with Gasteiger partial charge in [-0.3, -0.25) is 4.79 Å². The molecule has 0 spiro atoms. The van der Waals surface area contributed by atoms with Crippen LogP contribution in [-0.4, -0.2) is 28.1 Å². The van der Waals surface area contributed by atoms with Crippen molar-refractivity contribution in [2.24, 2.45) is 0 Å². The summed E-state index contributed by atoms with van der Waals surface area (Å²) in [5.74, 6) is 1.08. The van der Waals surface area contributed by atoms with Crippen LogP contribution in [0.1, 0.15) is 11.4 Å². The van der Waals surface area contributed by atoms with Crippen LogP contribution < -0.4 is 10.1 Å². The number of carbonyl (C=O) groups is 1. The van der Waals surface area contributed by atoms with Crippen LogP contribution >= 0.6 is 0 Å². The maximum Gasteiger partial charge on any atom is 0.240 e. The van der Waals surface area contributed by atoms with E-state index in [-0.39, 0.29) is 24.3 Å². The SMILES string of the molecule is Cc1nccn1CC(=O)N[C@@H]1COc2ccc(F)cc2C1. The predicted octanol–water partition coefficient (Wildman–Crippen LogP) is 1.45. The van der Waals surface area contributed by atoms with Gasteiger partial charge in [-0.2, -0.15) is 0 Å². The zero-order valence-corrected chi connectivity index (χ0v) is 11.7. The van der Waals surface area contributed by atoms with Gasteiger partial charge < -0.3 is 14.6 Å². The molecule has 1 aliphatic rings. The van der Waals surface area contributed by atoms with Gasteiger partial charge in [-0.05, 0) is 37.1 Å². The first-order valence-corrected chi connectivity index (χ1v) is 6.80. The summed E-state index contributed by atoms with van der Waals surface area (Å²) < 4.78 is 20.5. The topological polar surface area (TPSA) is 56.2 Å². The molecule has 2 aromatic rings. The van der Waals surface area contributed by atoms with Gasteiger partial charge in [-0.15, -0.1) is 0 Å². The molecular formula is C15H16FN3O2. The zero-order chi connectivity index (χ0) is 14.8. The molecule has 0 bridgehead atoms. The lowest BCUT2D eigenvalue weighted by atomic mass is 10.0. The number of ether oxygens (including phenoxy) is 1. The van der Waals surface area contributed by atoms with Gasteiger partial charge in [0.1, 0.15) is 30.5 Å². The molecule has 6 heteroatoms. The molecule has 1 aromatic carbocycles. The smallest absolute Gasteiger partial charge is 0.240 e. The quantitative estimate of drug-likeness (QED) is 0.930. The summed E-state index contributed by atoms with van der Waals surface area (Å²) >= 11 is 0. The number of halogens is 1. The van der Waals surface area contributed by atoms with E-state index in [0.29, 0.717) is 18.8 Å². The Hall–Kier alpha value is -2.37. The number of imidazole rings is 1. The van der Waals surface area contributed by atoms with E-state index in [9.17, 15) is 9.18 Å². The fourth-order valence-corrected chi connectivity index (χ4v) is 2.45. The lowest BCUT2D eigenvalue weighted by molar-refractivity contribution is -0.122. The highest BCUT2D eigenvalue weighted by Gasteiger charge is 2.22. The molecule has 1 aliphatic heterocycles. The first-order chi connectivity index (χ1) is 10.1. The highest BCUT2D eigenvalue weighted by atomic mass is 19.1. The lowest BCUT2D eigenvalue weighted by Crippen LogP contribution is -2.44. The monoisotopic (exact) mass is 289 g/mol. The fraction of sp³-hybridized carbons (Fsp3) is 0.333. The van der Waals surface area contributed by atoms with E-state index in [1.807, 2.05) is 6.92 Å². The average molecular weight is 289 g/mol. The molecule has 110 valence electrons. The molecule has 0 unspecified atom stereocenters. The third-order valence-corrected chi connectivity index (χ3v) is 3.53.